The molecule has 0 aliphatic heterocycles. The van der Waals surface area contributed by atoms with Crippen LogP contribution in [0.25, 0.3) is 0 Å². The lowest BCUT2D eigenvalue weighted by atomic mass is 9.96. The number of hydrogen-bond donors (Lipinski definition) is 3. The van der Waals surface area contributed by atoms with Crippen molar-refractivity contribution in [2.45, 2.75) is 18.9 Å². The van der Waals surface area contributed by atoms with Crippen LogP contribution in [0.3, 0.4) is 0 Å². The lowest BCUT2D eigenvalue weighted by Crippen LogP contribution is -2.39. The summed E-state index contributed by atoms with van der Waals surface area (Å²) in [6.45, 7) is 1.56. The number of aliphatic hydroxyl groups is 1. The number of nitrogens with one attached hydrogen (secondary N) is 1. The van der Waals surface area contributed by atoms with Gasteiger partial charge in [-0.1, -0.05) is 24.3 Å². The normalized spacial score (nSPS) is 13.4. The van der Waals surface area contributed by atoms with Gasteiger partial charge in [0.25, 0.3) is 0 Å². The molecule has 1 unspecified atom stereocenters. The van der Waals surface area contributed by atoms with E-state index in [1.807, 2.05) is 0 Å². The molecule has 0 aliphatic carbocycles. The van der Waals surface area contributed by atoms with Gasteiger partial charge in [0, 0.05) is 0 Å². The van der Waals surface area contributed by atoms with Crippen LogP contribution in [0.15, 0.2) is 48.5 Å². The average Bonchev–Trinajstić information content (AvgIpc) is 2.46. The smallest absolute Gasteiger partial charge is 0.224 e. The van der Waals surface area contributed by atoms with Crippen molar-refractivity contribution in [1.82, 2.24) is 5.32 Å². The average molecular weight is 303 g/mol. The van der Waals surface area contributed by atoms with E-state index in [2.05, 4.69) is 5.32 Å². The monoisotopic (exact) mass is 303 g/mol. The molecule has 2 rings (SSSR count). The van der Waals surface area contributed by atoms with Crippen molar-refractivity contribution in [1.29, 1.82) is 0 Å². The maximum atomic E-state index is 12.9. The van der Waals surface area contributed by atoms with Crippen LogP contribution in [-0.2, 0) is 16.8 Å². The number of amides is 1. The zero-order chi connectivity index (χ0) is 16.2. The molecule has 0 heterocycles. The summed E-state index contributed by atoms with van der Waals surface area (Å²) in [6.07, 6.45) is 0.105. The molecule has 0 spiro atoms. The van der Waals surface area contributed by atoms with E-state index < -0.39 is 5.60 Å². The zero-order valence-electron chi connectivity index (χ0n) is 12.2. The van der Waals surface area contributed by atoms with Gasteiger partial charge in [0.2, 0.25) is 5.91 Å². The highest BCUT2D eigenvalue weighted by atomic mass is 19.1. The number of halogens is 1. The van der Waals surface area contributed by atoms with Crippen molar-refractivity contribution in [3.63, 3.8) is 0 Å². The summed E-state index contributed by atoms with van der Waals surface area (Å²) in [7, 11) is 0. The molecule has 2 aromatic rings. The van der Waals surface area contributed by atoms with Crippen LogP contribution >= 0.6 is 0 Å². The molecular weight excluding hydrogens is 285 g/mol. The van der Waals surface area contributed by atoms with Crippen LogP contribution in [0.5, 0.6) is 5.75 Å². The number of rotatable bonds is 5. The van der Waals surface area contributed by atoms with Crippen molar-refractivity contribution in [2.24, 2.45) is 0 Å². The van der Waals surface area contributed by atoms with Gasteiger partial charge in [0.15, 0.2) is 0 Å². The number of phenols is 1. The molecule has 0 fully saturated rings. The fraction of sp³-hybridized carbons (Fsp3) is 0.235. The molecule has 0 aromatic heterocycles. The molecule has 2 aromatic carbocycles. The first-order valence-corrected chi connectivity index (χ1v) is 6.90. The van der Waals surface area contributed by atoms with E-state index in [4.69, 9.17) is 0 Å². The molecule has 1 amide bonds. The number of carbonyl (C=O) groups excluding carboxylic acids is 1. The van der Waals surface area contributed by atoms with E-state index in [1.54, 1.807) is 19.1 Å². The predicted octanol–water partition coefficient (Wildman–Crippen LogP) is 2.10. The summed E-state index contributed by atoms with van der Waals surface area (Å²) in [5.41, 5.74) is -0.0900. The van der Waals surface area contributed by atoms with Crippen molar-refractivity contribution < 1.29 is 19.4 Å². The summed E-state index contributed by atoms with van der Waals surface area (Å²) in [6, 6.07) is 11.9. The Morgan fingerprint density at radius 1 is 1.23 bits per heavy atom. The fourth-order valence-electron chi connectivity index (χ4n) is 2.10. The van der Waals surface area contributed by atoms with Crippen LogP contribution in [0, 0.1) is 5.82 Å². The molecule has 116 valence electrons. The van der Waals surface area contributed by atoms with Gasteiger partial charge in [0.05, 0.1) is 13.0 Å². The first-order valence-electron chi connectivity index (χ1n) is 6.90. The summed E-state index contributed by atoms with van der Waals surface area (Å²) in [5.74, 6) is -0.552. The number of phenolic OH excluding ortho intramolecular Hbond substituents is 1. The van der Waals surface area contributed by atoms with Crippen LogP contribution in [-0.4, -0.2) is 22.7 Å². The number of aromatic hydroxyl groups is 1. The van der Waals surface area contributed by atoms with Crippen molar-refractivity contribution >= 4 is 5.91 Å². The number of hydrogen-bond acceptors (Lipinski definition) is 3. The Hall–Kier alpha value is -2.40. The third-order valence-corrected chi connectivity index (χ3v) is 3.37. The van der Waals surface area contributed by atoms with Crippen molar-refractivity contribution in [2.75, 3.05) is 6.54 Å². The van der Waals surface area contributed by atoms with Gasteiger partial charge in [-0.15, -0.1) is 0 Å². The molecule has 4 nitrogen and oxygen atoms in total. The largest absolute Gasteiger partial charge is 0.508 e. The molecule has 0 saturated carbocycles. The summed E-state index contributed by atoms with van der Waals surface area (Å²) in [5, 5.41) is 22.4. The van der Waals surface area contributed by atoms with Gasteiger partial charge in [-0.05, 0) is 42.3 Å². The maximum absolute atomic E-state index is 12.9. The summed E-state index contributed by atoms with van der Waals surface area (Å²) >= 11 is 0. The third-order valence-electron chi connectivity index (χ3n) is 3.37. The number of carbonyl (C=O) groups is 1. The Bertz CT molecular complexity index is 653. The molecule has 5 heteroatoms. The standard InChI is InChI=1S/C17H18FNO3/c1-17(22,13-5-7-14(18)8-6-13)11-19-16(21)10-12-3-2-4-15(20)9-12/h2-9,20,22H,10-11H2,1H3,(H,19,21). The quantitative estimate of drug-likeness (QED) is 0.792. The molecule has 0 radical (unpaired) electrons. The van der Waals surface area contributed by atoms with E-state index in [1.165, 1.54) is 36.4 Å². The minimum atomic E-state index is -1.29. The minimum Gasteiger partial charge on any atom is -0.508 e. The highest BCUT2D eigenvalue weighted by Gasteiger charge is 2.23. The summed E-state index contributed by atoms with van der Waals surface area (Å²) in [4.78, 5) is 11.9. The Balaban J connectivity index is 1.93. The van der Waals surface area contributed by atoms with Crippen LogP contribution < -0.4 is 5.32 Å². The van der Waals surface area contributed by atoms with Gasteiger partial charge in [0.1, 0.15) is 17.2 Å². The van der Waals surface area contributed by atoms with E-state index in [0.717, 1.165) is 0 Å². The van der Waals surface area contributed by atoms with Gasteiger partial charge in [-0.3, -0.25) is 4.79 Å². The second-order valence-electron chi connectivity index (χ2n) is 5.40. The first kappa shape index (κ1) is 16.0. The second kappa shape index (κ2) is 6.58. The highest BCUT2D eigenvalue weighted by Crippen LogP contribution is 2.20. The van der Waals surface area contributed by atoms with Gasteiger partial charge >= 0.3 is 0 Å². The lowest BCUT2D eigenvalue weighted by molar-refractivity contribution is -0.121. The topological polar surface area (TPSA) is 69.6 Å². The second-order valence-corrected chi connectivity index (χ2v) is 5.40. The highest BCUT2D eigenvalue weighted by molar-refractivity contribution is 5.78. The van der Waals surface area contributed by atoms with Gasteiger partial charge in [-0.2, -0.15) is 0 Å². The molecule has 0 bridgehead atoms. The Kier molecular flexibility index (Phi) is 4.78. The zero-order valence-corrected chi connectivity index (χ0v) is 12.2. The minimum absolute atomic E-state index is 0.0102. The predicted molar refractivity (Wildman–Crippen MR) is 80.8 cm³/mol. The fourth-order valence-corrected chi connectivity index (χ4v) is 2.10. The van der Waals surface area contributed by atoms with E-state index >= 15 is 0 Å². The van der Waals surface area contributed by atoms with Crippen molar-refractivity contribution in [3.8, 4) is 5.75 Å². The van der Waals surface area contributed by atoms with Crippen molar-refractivity contribution in [3.05, 3.63) is 65.5 Å². The van der Waals surface area contributed by atoms with Gasteiger partial charge < -0.3 is 15.5 Å². The maximum Gasteiger partial charge on any atom is 0.224 e. The Morgan fingerprint density at radius 2 is 1.91 bits per heavy atom. The third kappa shape index (κ3) is 4.30. The van der Waals surface area contributed by atoms with E-state index in [-0.39, 0.29) is 30.4 Å². The molecule has 0 aliphatic rings. The molecule has 0 saturated heterocycles. The van der Waals surface area contributed by atoms with E-state index in [9.17, 15) is 19.4 Å². The summed E-state index contributed by atoms with van der Waals surface area (Å²) < 4.78 is 12.9. The molecular formula is C17H18FNO3. The van der Waals surface area contributed by atoms with Crippen LogP contribution in [0.2, 0.25) is 0 Å². The molecule has 22 heavy (non-hydrogen) atoms. The first-order chi connectivity index (χ1) is 10.4. The molecule has 3 N–H and O–H groups in total. The number of benzene rings is 2. The lowest BCUT2D eigenvalue weighted by Gasteiger charge is -2.24. The Morgan fingerprint density at radius 3 is 2.55 bits per heavy atom. The van der Waals surface area contributed by atoms with Crippen LogP contribution in [0.1, 0.15) is 18.1 Å². The SMILES string of the molecule is CC(O)(CNC(=O)Cc1cccc(O)c1)c1ccc(F)cc1. The van der Waals surface area contributed by atoms with Crippen LogP contribution in [0.4, 0.5) is 4.39 Å². The van der Waals surface area contributed by atoms with E-state index in [0.29, 0.717) is 11.1 Å². The van der Waals surface area contributed by atoms with Gasteiger partial charge in [-0.25, -0.2) is 4.39 Å². The Labute approximate surface area is 128 Å². The molecule has 1 atom stereocenters.